The number of ether oxygens (including phenoxy) is 1. The zero-order valence-electron chi connectivity index (χ0n) is 14.4. The van der Waals surface area contributed by atoms with Crippen molar-refractivity contribution in [2.75, 3.05) is 7.11 Å². The largest absolute Gasteiger partial charge is 0.497 e. The molecule has 1 heterocycles. The first-order valence-corrected chi connectivity index (χ1v) is 8.57. The fraction of sp³-hybridized carbons (Fsp3) is 0.250. The quantitative estimate of drug-likeness (QED) is 0.679. The number of methoxy groups -OCH3 is 1. The van der Waals surface area contributed by atoms with Crippen LogP contribution < -0.4 is 4.74 Å². The van der Waals surface area contributed by atoms with Crippen LogP contribution in [0.5, 0.6) is 11.6 Å². The number of fused-ring (bicyclic) bond motifs is 1. The van der Waals surface area contributed by atoms with Crippen molar-refractivity contribution in [3.05, 3.63) is 54.1 Å². The first-order valence-electron chi connectivity index (χ1n) is 8.57. The molecule has 1 saturated carbocycles. The Morgan fingerprint density at radius 3 is 2.62 bits per heavy atom. The Kier molecular flexibility index (Phi) is 4.16. The number of aromatic nitrogens is 1. The van der Waals surface area contributed by atoms with Crippen molar-refractivity contribution in [3.8, 4) is 11.6 Å². The lowest BCUT2D eigenvalue weighted by Crippen LogP contribution is -1.98. The molecule has 1 aliphatic rings. The highest BCUT2D eigenvalue weighted by Crippen LogP contribution is 2.41. The second-order valence-corrected chi connectivity index (χ2v) is 6.48. The number of benzene rings is 2. The van der Waals surface area contributed by atoms with Gasteiger partial charge in [0, 0.05) is 17.5 Å². The molecule has 2 aromatic carbocycles. The number of para-hydroxylation sites is 1. The number of carbonyl (C=O) groups is 1. The SMILES string of the molecule is COc1ccc(C(=O)N=Nc2c(O)n(CC3CC3)c3ccccc23)cc1. The lowest BCUT2D eigenvalue weighted by molar-refractivity contribution is 0.0995. The summed E-state index contributed by atoms with van der Waals surface area (Å²) in [5.41, 5.74) is 1.65. The van der Waals surface area contributed by atoms with Crippen LogP contribution in [0.3, 0.4) is 0 Å². The van der Waals surface area contributed by atoms with Gasteiger partial charge in [-0.25, -0.2) is 0 Å². The van der Waals surface area contributed by atoms with Crippen molar-refractivity contribution in [1.29, 1.82) is 0 Å². The minimum Gasteiger partial charge on any atom is -0.497 e. The highest BCUT2D eigenvalue weighted by molar-refractivity contribution is 5.97. The van der Waals surface area contributed by atoms with E-state index in [-0.39, 0.29) is 5.88 Å². The van der Waals surface area contributed by atoms with E-state index in [0.717, 1.165) is 17.4 Å². The van der Waals surface area contributed by atoms with E-state index < -0.39 is 5.91 Å². The molecule has 0 unspecified atom stereocenters. The Balaban J connectivity index is 1.66. The molecule has 0 aliphatic heterocycles. The van der Waals surface area contributed by atoms with Crippen molar-refractivity contribution >= 4 is 22.5 Å². The summed E-state index contributed by atoms with van der Waals surface area (Å²) in [5, 5.41) is 19.3. The van der Waals surface area contributed by atoms with Crippen LogP contribution in [0, 0.1) is 5.92 Å². The van der Waals surface area contributed by atoms with Crippen LogP contribution in [0.1, 0.15) is 23.2 Å². The van der Waals surface area contributed by atoms with Gasteiger partial charge < -0.3 is 14.4 Å². The summed E-state index contributed by atoms with van der Waals surface area (Å²) < 4.78 is 6.94. The molecule has 0 bridgehead atoms. The van der Waals surface area contributed by atoms with Gasteiger partial charge in [0.05, 0.1) is 12.6 Å². The normalized spacial score (nSPS) is 14.2. The van der Waals surface area contributed by atoms with Crippen LogP contribution >= 0.6 is 0 Å². The van der Waals surface area contributed by atoms with Gasteiger partial charge in [0.25, 0.3) is 5.91 Å². The molecule has 1 N–H and O–H groups in total. The molecule has 6 heteroatoms. The third-order valence-corrected chi connectivity index (χ3v) is 4.63. The minimum absolute atomic E-state index is 0.0596. The van der Waals surface area contributed by atoms with Gasteiger partial charge in [-0.15, -0.1) is 10.2 Å². The lowest BCUT2D eigenvalue weighted by atomic mass is 10.2. The fourth-order valence-corrected chi connectivity index (χ4v) is 3.00. The molecular formula is C20H19N3O3. The Bertz CT molecular complexity index is 985. The Morgan fingerprint density at radius 2 is 1.92 bits per heavy atom. The number of rotatable bonds is 5. The summed E-state index contributed by atoms with van der Waals surface area (Å²) in [5.74, 6) is 0.858. The summed E-state index contributed by atoms with van der Waals surface area (Å²) in [4.78, 5) is 12.3. The molecule has 6 nitrogen and oxygen atoms in total. The van der Waals surface area contributed by atoms with E-state index in [1.54, 1.807) is 31.4 Å². The summed E-state index contributed by atoms with van der Waals surface area (Å²) >= 11 is 0. The molecule has 0 radical (unpaired) electrons. The number of nitrogens with zero attached hydrogens (tertiary/aromatic N) is 3. The summed E-state index contributed by atoms with van der Waals surface area (Å²) in [6, 6.07) is 14.3. The molecule has 26 heavy (non-hydrogen) atoms. The fourth-order valence-electron chi connectivity index (χ4n) is 3.00. The Labute approximate surface area is 150 Å². The molecule has 0 atom stereocenters. The number of aromatic hydroxyl groups is 1. The van der Waals surface area contributed by atoms with Gasteiger partial charge >= 0.3 is 0 Å². The smallest absolute Gasteiger partial charge is 0.295 e. The molecule has 0 saturated heterocycles. The van der Waals surface area contributed by atoms with Crippen LogP contribution in [0.4, 0.5) is 5.69 Å². The van der Waals surface area contributed by atoms with E-state index in [1.165, 1.54) is 12.8 Å². The van der Waals surface area contributed by atoms with Gasteiger partial charge in [-0.2, -0.15) is 0 Å². The van der Waals surface area contributed by atoms with Gasteiger partial charge in [0.2, 0.25) is 5.88 Å². The number of carbonyl (C=O) groups excluding carboxylic acids is 1. The average molecular weight is 349 g/mol. The van der Waals surface area contributed by atoms with Crippen LogP contribution in [0.2, 0.25) is 0 Å². The maximum absolute atomic E-state index is 12.3. The third-order valence-electron chi connectivity index (χ3n) is 4.63. The van der Waals surface area contributed by atoms with E-state index in [1.807, 2.05) is 28.8 Å². The van der Waals surface area contributed by atoms with Crippen molar-refractivity contribution in [1.82, 2.24) is 4.57 Å². The molecule has 1 amide bonds. The average Bonchev–Trinajstić information content (AvgIpc) is 3.46. The van der Waals surface area contributed by atoms with Gasteiger partial charge in [0.1, 0.15) is 5.75 Å². The van der Waals surface area contributed by atoms with E-state index in [9.17, 15) is 9.90 Å². The lowest BCUT2D eigenvalue weighted by Gasteiger charge is -2.04. The molecular weight excluding hydrogens is 330 g/mol. The minimum atomic E-state index is -0.467. The van der Waals surface area contributed by atoms with Gasteiger partial charge in [-0.05, 0) is 49.1 Å². The summed E-state index contributed by atoms with van der Waals surface area (Å²) in [6.45, 7) is 0.758. The maximum Gasteiger partial charge on any atom is 0.295 e. The van der Waals surface area contributed by atoms with Crippen LogP contribution in [0.15, 0.2) is 58.8 Å². The molecule has 1 aliphatic carbocycles. The highest BCUT2D eigenvalue weighted by Gasteiger charge is 2.25. The summed E-state index contributed by atoms with van der Waals surface area (Å²) in [6.07, 6.45) is 2.36. The second kappa shape index (κ2) is 6.63. The highest BCUT2D eigenvalue weighted by atomic mass is 16.5. The monoisotopic (exact) mass is 349 g/mol. The number of hydrogen-bond donors (Lipinski definition) is 1. The number of amides is 1. The molecule has 132 valence electrons. The van der Waals surface area contributed by atoms with Gasteiger partial charge in [-0.3, -0.25) is 4.79 Å². The third kappa shape index (κ3) is 3.06. The predicted octanol–water partition coefficient (Wildman–Crippen LogP) is 4.69. The van der Waals surface area contributed by atoms with Gasteiger partial charge in [0.15, 0.2) is 5.69 Å². The molecule has 4 rings (SSSR count). The Morgan fingerprint density at radius 1 is 1.19 bits per heavy atom. The topological polar surface area (TPSA) is 76.2 Å². The second-order valence-electron chi connectivity index (χ2n) is 6.48. The predicted molar refractivity (Wildman–Crippen MR) is 98.2 cm³/mol. The zero-order valence-corrected chi connectivity index (χ0v) is 14.4. The molecule has 3 aromatic rings. The van der Waals surface area contributed by atoms with E-state index in [4.69, 9.17) is 4.74 Å². The standard InChI is InChI=1S/C20H19N3O3/c1-26-15-10-8-14(9-11-15)19(24)22-21-18-16-4-2-3-5-17(16)23(20(18)25)12-13-6-7-13/h2-5,8-11,13,25H,6-7,12H2,1H3. The van der Waals surface area contributed by atoms with Crippen molar-refractivity contribution in [2.45, 2.75) is 19.4 Å². The molecule has 1 fully saturated rings. The van der Waals surface area contributed by atoms with Crippen molar-refractivity contribution in [2.24, 2.45) is 16.1 Å². The van der Waals surface area contributed by atoms with E-state index in [0.29, 0.717) is 22.9 Å². The Hall–Kier alpha value is -3.15. The van der Waals surface area contributed by atoms with E-state index in [2.05, 4.69) is 10.2 Å². The van der Waals surface area contributed by atoms with Crippen molar-refractivity contribution < 1.29 is 14.6 Å². The molecule has 1 aromatic heterocycles. The first-order chi connectivity index (χ1) is 12.7. The van der Waals surface area contributed by atoms with Crippen molar-refractivity contribution in [3.63, 3.8) is 0 Å². The first kappa shape index (κ1) is 16.3. The van der Waals surface area contributed by atoms with E-state index >= 15 is 0 Å². The van der Waals surface area contributed by atoms with Crippen LogP contribution in [-0.4, -0.2) is 22.7 Å². The van der Waals surface area contributed by atoms with Crippen LogP contribution in [0.25, 0.3) is 10.9 Å². The molecule has 0 spiro atoms. The maximum atomic E-state index is 12.3. The zero-order chi connectivity index (χ0) is 18.1. The number of azo groups is 1. The summed E-state index contributed by atoms with van der Waals surface area (Å²) in [7, 11) is 1.57. The van der Waals surface area contributed by atoms with Crippen LogP contribution in [-0.2, 0) is 6.54 Å². The van der Waals surface area contributed by atoms with Gasteiger partial charge in [-0.1, -0.05) is 18.2 Å². The number of hydrogen-bond acceptors (Lipinski definition) is 4.